The van der Waals surface area contributed by atoms with Gasteiger partial charge in [-0.05, 0) is 37.5 Å². The highest BCUT2D eigenvalue weighted by atomic mass is 19.1. The van der Waals surface area contributed by atoms with Crippen LogP contribution < -0.4 is 5.73 Å². The maximum Gasteiger partial charge on any atom is 0.338 e. The summed E-state index contributed by atoms with van der Waals surface area (Å²) in [5, 5.41) is 8.58. The Hall–Kier alpha value is -1.62. The smallest absolute Gasteiger partial charge is 0.338 e. The number of aliphatic hydroxyl groups excluding tert-OH is 1. The number of esters is 1. The summed E-state index contributed by atoms with van der Waals surface area (Å²) in [6.45, 7) is 0.510. The number of ether oxygens (including phenoxy) is 1. The molecule has 0 bridgehead atoms. The summed E-state index contributed by atoms with van der Waals surface area (Å²) in [6.07, 6.45) is 3.34. The summed E-state index contributed by atoms with van der Waals surface area (Å²) < 4.78 is 17.9. The predicted octanol–water partition coefficient (Wildman–Crippen LogP) is 2.12. The maximum absolute atomic E-state index is 12.9. The zero-order valence-electron chi connectivity index (χ0n) is 10.2. The van der Waals surface area contributed by atoms with E-state index in [1.165, 1.54) is 12.1 Å². The molecule has 0 aliphatic carbocycles. The van der Waals surface area contributed by atoms with Gasteiger partial charge in [-0.15, -0.1) is 0 Å². The van der Waals surface area contributed by atoms with Crippen molar-refractivity contribution in [1.82, 2.24) is 0 Å². The number of hydrogen-bond acceptors (Lipinski definition) is 4. The van der Waals surface area contributed by atoms with Crippen LogP contribution in [0.2, 0.25) is 0 Å². The lowest BCUT2D eigenvalue weighted by atomic mass is 10.2. The van der Waals surface area contributed by atoms with Crippen molar-refractivity contribution >= 4 is 11.7 Å². The van der Waals surface area contributed by atoms with Gasteiger partial charge in [0.1, 0.15) is 5.82 Å². The quantitative estimate of drug-likeness (QED) is 0.444. The number of aliphatic hydroxyl groups is 1. The van der Waals surface area contributed by atoms with Gasteiger partial charge in [0, 0.05) is 6.61 Å². The number of hydrogen-bond donors (Lipinski definition) is 2. The summed E-state index contributed by atoms with van der Waals surface area (Å²) in [6, 6.07) is 3.76. The van der Waals surface area contributed by atoms with Crippen LogP contribution in [0.1, 0.15) is 36.0 Å². The normalized spacial score (nSPS) is 10.3. The minimum atomic E-state index is -0.546. The fourth-order valence-corrected chi connectivity index (χ4v) is 1.49. The zero-order chi connectivity index (χ0) is 13.4. The van der Waals surface area contributed by atoms with E-state index in [-0.39, 0.29) is 17.9 Å². The molecule has 0 radical (unpaired) electrons. The van der Waals surface area contributed by atoms with Crippen LogP contribution in [0.4, 0.5) is 10.1 Å². The van der Waals surface area contributed by atoms with Gasteiger partial charge in [0.05, 0.1) is 17.9 Å². The molecule has 0 saturated heterocycles. The van der Waals surface area contributed by atoms with E-state index in [9.17, 15) is 9.18 Å². The second-order valence-electron chi connectivity index (χ2n) is 4.01. The molecule has 0 fully saturated rings. The lowest BCUT2D eigenvalue weighted by molar-refractivity contribution is 0.0497. The first-order valence-electron chi connectivity index (χ1n) is 5.98. The third-order valence-corrected chi connectivity index (χ3v) is 2.52. The minimum absolute atomic E-state index is 0.0626. The summed E-state index contributed by atoms with van der Waals surface area (Å²) in [5.41, 5.74) is 5.55. The Morgan fingerprint density at radius 3 is 2.67 bits per heavy atom. The molecule has 0 aliphatic heterocycles. The molecule has 0 aliphatic rings. The van der Waals surface area contributed by atoms with E-state index in [0.717, 1.165) is 31.7 Å². The van der Waals surface area contributed by atoms with E-state index >= 15 is 0 Å². The highest BCUT2D eigenvalue weighted by molar-refractivity contribution is 5.90. The Kier molecular flexibility index (Phi) is 6.14. The van der Waals surface area contributed by atoms with Gasteiger partial charge in [0.25, 0.3) is 0 Å². The van der Waals surface area contributed by atoms with Gasteiger partial charge in [-0.2, -0.15) is 0 Å². The standard InChI is InChI=1S/C13H18FNO3/c14-11-6-5-10(9-12(11)15)13(17)18-8-4-2-1-3-7-16/h5-6,9,16H,1-4,7-8,15H2. The molecular formula is C13H18FNO3. The first-order valence-corrected chi connectivity index (χ1v) is 5.98. The minimum Gasteiger partial charge on any atom is -0.462 e. The SMILES string of the molecule is Nc1cc(C(=O)OCCCCCCO)ccc1F. The summed E-state index contributed by atoms with van der Waals surface area (Å²) in [7, 11) is 0. The topological polar surface area (TPSA) is 72.6 Å². The Morgan fingerprint density at radius 2 is 2.00 bits per heavy atom. The van der Waals surface area contributed by atoms with Crippen LogP contribution in [-0.2, 0) is 4.74 Å². The number of benzene rings is 1. The maximum atomic E-state index is 12.9. The third kappa shape index (κ3) is 4.71. The summed E-state index contributed by atoms with van der Waals surface area (Å²) in [5.74, 6) is -1.04. The molecule has 0 aromatic heterocycles. The molecule has 3 N–H and O–H groups in total. The van der Waals surface area contributed by atoms with E-state index in [1.807, 2.05) is 0 Å². The average Bonchev–Trinajstić information content (AvgIpc) is 2.36. The van der Waals surface area contributed by atoms with Crippen molar-refractivity contribution in [2.24, 2.45) is 0 Å². The Bertz CT molecular complexity index is 396. The Balaban J connectivity index is 2.30. The molecule has 0 amide bonds. The van der Waals surface area contributed by atoms with Gasteiger partial charge >= 0.3 is 5.97 Å². The third-order valence-electron chi connectivity index (χ3n) is 2.52. The largest absolute Gasteiger partial charge is 0.462 e. The molecule has 18 heavy (non-hydrogen) atoms. The van der Waals surface area contributed by atoms with Crippen molar-refractivity contribution in [2.75, 3.05) is 18.9 Å². The molecule has 100 valence electrons. The van der Waals surface area contributed by atoms with Gasteiger partial charge in [-0.25, -0.2) is 9.18 Å². The van der Waals surface area contributed by atoms with Crippen LogP contribution in [0.5, 0.6) is 0 Å². The van der Waals surface area contributed by atoms with Crippen molar-refractivity contribution < 1.29 is 19.0 Å². The van der Waals surface area contributed by atoms with Crippen LogP contribution >= 0.6 is 0 Å². The van der Waals surface area contributed by atoms with E-state index in [2.05, 4.69) is 0 Å². The number of halogens is 1. The van der Waals surface area contributed by atoms with Crippen molar-refractivity contribution in [3.05, 3.63) is 29.6 Å². The van der Waals surface area contributed by atoms with Crippen molar-refractivity contribution in [3.8, 4) is 0 Å². The molecule has 1 aromatic rings. The fraction of sp³-hybridized carbons (Fsp3) is 0.462. The number of anilines is 1. The molecule has 1 rings (SSSR count). The van der Waals surface area contributed by atoms with Crippen LogP contribution in [0.3, 0.4) is 0 Å². The number of nitrogens with two attached hydrogens (primary N) is 1. The van der Waals surface area contributed by atoms with Crippen molar-refractivity contribution in [1.29, 1.82) is 0 Å². The lowest BCUT2D eigenvalue weighted by Gasteiger charge is -2.05. The van der Waals surface area contributed by atoms with E-state index < -0.39 is 11.8 Å². The van der Waals surface area contributed by atoms with Crippen LogP contribution in [0.25, 0.3) is 0 Å². The van der Waals surface area contributed by atoms with Gasteiger partial charge in [0.15, 0.2) is 0 Å². The average molecular weight is 255 g/mol. The van der Waals surface area contributed by atoms with E-state index in [4.69, 9.17) is 15.6 Å². The molecule has 1 aromatic carbocycles. The Labute approximate surface area is 106 Å². The molecule has 4 nitrogen and oxygen atoms in total. The van der Waals surface area contributed by atoms with Crippen LogP contribution in [0.15, 0.2) is 18.2 Å². The number of nitrogen functional groups attached to an aromatic ring is 1. The zero-order valence-corrected chi connectivity index (χ0v) is 10.2. The number of carbonyl (C=O) groups is 1. The monoisotopic (exact) mass is 255 g/mol. The van der Waals surface area contributed by atoms with Gasteiger partial charge in [0.2, 0.25) is 0 Å². The van der Waals surface area contributed by atoms with E-state index in [0.29, 0.717) is 6.61 Å². The molecule has 0 spiro atoms. The van der Waals surface area contributed by atoms with Crippen molar-refractivity contribution in [2.45, 2.75) is 25.7 Å². The highest BCUT2D eigenvalue weighted by Gasteiger charge is 2.09. The first-order chi connectivity index (χ1) is 8.65. The number of unbranched alkanes of at least 4 members (excludes halogenated alkanes) is 3. The number of rotatable bonds is 7. The van der Waals surface area contributed by atoms with Crippen LogP contribution in [-0.4, -0.2) is 24.3 Å². The summed E-state index contributed by atoms with van der Waals surface area (Å²) in [4.78, 5) is 11.6. The molecule has 5 heteroatoms. The number of carbonyl (C=O) groups excluding carboxylic acids is 1. The first kappa shape index (κ1) is 14.4. The molecular weight excluding hydrogens is 237 g/mol. The molecule has 0 unspecified atom stereocenters. The van der Waals surface area contributed by atoms with Crippen LogP contribution in [0, 0.1) is 5.82 Å². The van der Waals surface area contributed by atoms with Gasteiger partial charge < -0.3 is 15.6 Å². The molecule has 0 saturated carbocycles. The van der Waals surface area contributed by atoms with Crippen molar-refractivity contribution in [3.63, 3.8) is 0 Å². The van der Waals surface area contributed by atoms with E-state index in [1.54, 1.807) is 0 Å². The second kappa shape index (κ2) is 7.66. The Morgan fingerprint density at radius 1 is 1.28 bits per heavy atom. The second-order valence-corrected chi connectivity index (χ2v) is 4.01. The summed E-state index contributed by atoms with van der Waals surface area (Å²) >= 11 is 0. The highest BCUT2D eigenvalue weighted by Crippen LogP contribution is 2.13. The predicted molar refractivity (Wildman–Crippen MR) is 66.6 cm³/mol. The molecule has 0 atom stereocenters. The van der Waals surface area contributed by atoms with Gasteiger partial charge in [-0.1, -0.05) is 6.42 Å². The lowest BCUT2D eigenvalue weighted by Crippen LogP contribution is -2.07. The fourth-order valence-electron chi connectivity index (χ4n) is 1.49. The van der Waals surface area contributed by atoms with Gasteiger partial charge in [-0.3, -0.25) is 0 Å². The molecule has 0 heterocycles.